The minimum Gasteiger partial charge on any atom is -0.375 e. The molecule has 19 heavy (non-hydrogen) atoms. The van der Waals surface area contributed by atoms with E-state index in [2.05, 4.69) is 5.32 Å². The van der Waals surface area contributed by atoms with Gasteiger partial charge in [-0.05, 0) is 18.8 Å². The van der Waals surface area contributed by atoms with Gasteiger partial charge in [-0.25, -0.2) is 0 Å². The van der Waals surface area contributed by atoms with Crippen molar-refractivity contribution >= 4 is 11.8 Å². The zero-order chi connectivity index (χ0) is 13.7. The first-order chi connectivity index (χ1) is 9.19. The first kappa shape index (κ1) is 14.3. The first-order valence-corrected chi connectivity index (χ1v) is 7.25. The lowest BCUT2D eigenvalue weighted by Crippen LogP contribution is -2.39. The zero-order valence-electron chi connectivity index (χ0n) is 11.7. The van der Waals surface area contributed by atoms with E-state index in [1.807, 2.05) is 4.90 Å². The van der Waals surface area contributed by atoms with E-state index in [4.69, 9.17) is 4.74 Å². The standard InChI is InChI=1S/C14H24N2O3/c1-19-10-13(17)15-12-7-14(18)16(9-12)8-11-5-3-2-4-6-11/h11-12H,2-10H2,1H3,(H,15,17). The molecule has 0 bridgehead atoms. The van der Waals surface area contributed by atoms with E-state index in [1.165, 1.54) is 39.2 Å². The van der Waals surface area contributed by atoms with Gasteiger partial charge >= 0.3 is 0 Å². The molecule has 1 saturated heterocycles. The zero-order valence-corrected chi connectivity index (χ0v) is 11.7. The molecular formula is C14H24N2O3. The Kier molecular flexibility index (Phi) is 5.19. The number of ether oxygens (including phenoxy) is 1. The van der Waals surface area contributed by atoms with Gasteiger partial charge in [-0.15, -0.1) is 0 Å². The van der Waals surface area contributed by atoms with Crippen LogP contribution in [0.4, 0.5) is 0 Å². The minimum atomic E-state index is -0.139. The van der Waals surface area contributed by atoms with Crippen LogP contribution in [0.3, 0.4) is 0 Å². The Hall–Kier alpha value is -1.10. The minimum absolute atomic E-state index is 0.0428. The lowest BCUT2D eigenvalue weighted by atomic mass is 9.89. The van der Waals surface area contributed by atoms with Crippen molar-refractivity contribution in [2.24, 2.45) is 5.92 Å². The van der Waals surface area contributed by atoms with Crippen LogP contribution in [-0.2, 0) is 14.3 Å². The van der Waals surface area contributed by atoms with Gasteiger partial charge in [0.1, 0.15) is 6.61 Å². The van der Waals surface area contributed by atoms with Crippen LogP contribution in [0.25, 0.3) is 0 Å². The van der Waals surface area contributed by atoms with Gasteiger partial charge < -0.3 is 15.0 Å². The number of rotatable bonds is 5. The van der Waals surface area contributed by atoms with Gasteiger partial charge in [-0.2, -0.15) is 0 Å². The lowest BCUT2D eigenvalue weighted by molar-refractivity contribution is -0.128. The molecule has 2 fully saturated rings. The average molecular weight is 268 g/mol. The third-order valence-electron chi connectivity index (χ3n) is 4.06. The summed E-state index contributed by atoms with van der Waals surface area (Å²) in [5.41, 5.74) is 0. The third kappa shape index (κ3) is 4.20. The predicted molar refractivity (Wildman–Crippen MR) is 71.6 cm³/mol. The van der Waals surface area contributed by atoms with Crippen molar-refractivity contribution in [2.45, 2.75) is 44.6 Å². The van der Waals surface area contributed by atoms with E-state index in [0.29, 0.717) is 18.9 Å². The van der Waals surface area contributed by atoms with Crippen molar-refractivity contribution in [2.75, 3.05) is 26.8 Å². The Morgan fingerprint density at radius 3 is 2.79 bits per heavy atom. The highest BCUT2D eigenvalue weighted by Gasteiger charge is 2.32. The van der Waals surface area contributed by atoms with E-state index >= 15 is 0 Å². The molecule has 1 N–H and O–H groups in total. The molecule has 2 amide bonds. The monoisotopic (exact) mass is 268 g/mol. The molecule has 5 heteroatoms. The molecule has 1 saturated carbocycles. The molecule has 0 aromatic rings. The maximum atomic E-state index is 11.9. The molecule has 2 aliphatic rings. The van der Waals surface area contributed by atoms with Crippen LogP contribution in [0.1, 0.15) is 38.5 Å². The molecule has 1 aliphatic carbocycles. The summed E-state index contributed by atoms with van der Waals surface area (Å²) in [6.07, 6.45) is 6.83. The number of amides is 2. The molecule has 0 aromatic heterocycles. The van der Waals surface area contributed by atoms with Crippen molar-refractivity contribution < 1.29 is 14.3 Å². The summed E-state index contributed by atoms with van der Waals surface area (Å²) < 4.78 is 4.78. The molecule has 0 aromatic carbocycles. The van der Waals surface area contributed by atoms with Gasteiger partial charge in [-0.3, -0.25) is 9.59 Å². The summed E-state index contributed by atoms with van der Waals surface area (Å²) in [5, 5.41) is 2.85. The number of methoxy groups -OCH3 is 1. The fourth-order valence-electron chi connectivity index (χ4n) is 3.13. The number of nitrogens with one attached hydrogen (secondary N) is 1. The third-order valence-corrected chi connectivity index (χ3v) is 4.06. The van der Waals surface area contributed by atoms with E-state index in [-0.39, 0.29) is 24.5 Å². The summed E-state index contributed by atoms with van der Waals surface area (Å²) in [5.74, 6) is 0.694. The van der Waals surface area contributed by atoms with Crippen molar-refractivity contribution in [1.29, 1.82) is 0 Å². The number of hydrogen-bond acceptors (Lipinski definition) is 3. The lowest BCUT2D eigenvalue weighted by Gasteiger charge is -2.27. The largest absolute Gasteiger partial charge is 0.375 e. The molecule has 1 unspecified atom stereocenters. The Morgan fingerprint density at radius 2 is 2.11 bits per heavy atom. The maximum Gasteiger partial charge on any atom is 0.246 e. The summed E-state index contributed by atoms with van der Waals surface area (Å²) in [7, 11) is 1.49. The smallest absolute Gasteiger partial charge is 0.246 e. The highest BCUT2D eigenvalue weighted by molar-refractivity contribution is 5.82. The summed E-state index contributed by atoms with van der Waals surface area (Å²) in [6, 6.07) is -0.0428. The normalized spacial score (nSPS) is 24.8. The molecule has 1 heterocycles. The van der Waals surface area contributed by atoms with Crippen LogP contribution in [0.5, 0.6) is 0 Å². The fraction of sp³-hybridized carbons (Fsp3) is 0.857. The summed E-state index contributed by atoms with van der Waals surface area (Å²) in [4.78, 5) is 25.3. The van der Waals surface area contributed by atoms with E-state index in [1.54, 1.807) is 0 Å². The molecule has 0 radical (unpaired) electrons. The maximum absolute atomic E-state index is 11.9. The molecule has 2 rings (SSSR count). The second-order valence-corrected chi connectivity index (χ2v) is 5.70. The summed E-state index contributed by atoms with van der Waals surface area (Å²) in [6.45, 7) is 1.59. The SMILES string of the molecule is COCC(=O)NC1CC(=O)N(CC2CCCCC2)C1. The van der Waals surface area contributed by atoms with Crippen molar-refractivity contribution in [3.8, 4) is 0 Å². The van der Waals surface area contributed by atoms with Crippen LogP contribution in [0.15, 0.2) is 0 Å². The topological polar surface area (TPSA) is 58.6 Å². The van der Waals surface area contributed by atoms with Crippen molar-refractivity contribution in [1.82, 2.24) is 10.2 Å². The van der Waals surface area contributed by atoms with Crippen LogP contribution in [0.2, 0.25) is 0 Å². The quantitative estimate of drug-likeness (QED) is 0.807. The van der Waals surface area contributed by atoms with Crippen molar-refractivity contribution in [3.05, 3.63) is 0 Å². The number of carbonyl (C=O) groups is 2. The Balaban J connectivity index is 1.76. The van der Waals surface area contributed by atoms with E-state index < -0.39 is 0 Å². The number of hydrogen-bond donors (Lipinski definition) is 1. The average Bonchev–Trinajstić information content (AvgIpc) is 2.71. The van der Waals surface area contributed by atoms with Crippen molar-refractivity contribution in [3.63, 3.8) is 0 Å². The second kappa shape index (κ2) is 6.89. The second-order valence-electron chi connectivity index (χ2n) is 5.70. The van der Waals surface area contributed by atoms with E-state index in [0.717, 1.165) is 6.54 Å². The van der Waals surface area contributed by atoms with Crippen LogP contribution in [-0.4, -0.2) is 49.6 Å². The van der Waals surface area contributed by atoms with Crippen LogP contribution >= 0.6 is 0 Å². The Labute approximate surface area is 114 Å². The van der Waals surface area contributed by atoms with Gasteiger partial charge in [0, 0.05) is 26.6 Å². The number of likely N-dealkylation sites (tertiary alicyclic amines) is 1. The molecule has 1 aliphatic heterocycles. The first-order valence-electron chi connectivity index (χ1n) is 7.25. The molecule has 1 atom stereocenters. The summed E-state index contributed by atoms with van der Waals surface area (Å²) >= 11 is 0. The van der Waals surface area contributed by atoms with Crippen LogP contribution in [0, 0.1) is 5.92 Å². The van der Waals surface area contributed by atoms with Crippen LogP contribution < -0.4 is 5.32 Å². The molecule has 5 nitrogen and oxygen atoms in total. The van der Waals surface area contributed by atoms with Gasteiger partial charge in [0.25, 0.3) is 0 Å². The Morgan fingerprint density at radius 1 is 1.37 bits per heavy atom. The van der Waals surface area contributed by atoms with Gasteiger partial charge in [0.15, 0.2) is 0 Å². The highest BCUT2D eigenvalue weighted by atomic mass is 16.5. The van der Waals surface area contributed by atoms with Gasteiger partial charge in [0.05, 0.1) is 6.04 Å². The Bertz CT molecular complexity index is 327. The molecule has 0 spiro atoms. The number of nitrogens with zero attached hydrogens (tertiary/aromatic N) is 1. The van der Waals surface area contributed by atoms with Gasteiger partial charge in [0.2, 0.25) is 11.8 Å². The van der Waals surface area contributed by atoms with E-state index in [9.17, 15) is 9.59 Å². The van der Waals surface area contributed by atoms with Gasteiger partial charge in [-0.1, -0.05) is 19.3 Å². The highest BCUT2D eigenvalue weighted by Crippen LogP contribution is 2.26. The molecule has 108 valence electrons. The number of carbonyl (C=O) groups excluding carboxylic acids is 2. The fourth-order valence-corrected chi connectivity index (χ4v) is 3.13. The molecular weight excluding hydrogens is 244 g/mol. The predicted octanol–water partition coefficient (Wildman–Crippen LogP) is 0.930.